The van der Waals surface area contributed by atoms with E-state index in [1.54, 1.807) is 0 Å². The van der Waals surface area contributed by atoms with Crippen LogP contribution in [-0.2, 0) is 28.4 Å². The summed E-state index contributed by atoms with van der Waals surface area (Å²) in [6.07, 6.45) is 7.07. The summed E-state index contributed by atoms with van der Waals surface area (Å²) in [4.78, 5) is 12.5. The maximum Gasteiger partial charge on any atom is 0.136 e. The van der Waals surface area contributed by atoms with Crippen molar-refractivity contribution < 1.29 is 9.00 Å². The van der Waals surface area contributed by atoms with Gasteiger partial charge in [0.15, 0.2) is 0 Å². The maximum atomic E-state index is 12.3. The number of carbonyl (C=O) groups is 1. The minimum absolute atomic E-state index is 0.179. The highest BCUT2D eigenvalue weighted by Crippen LogP contribution is 2.27. The molecule has 0 aromatic heterocycles. The molecule has 19 heavy (non-hydrogen) atoms. The Labute approximate surface area is 117 Å². The minimum atomic E-state index is -0.939. The summed E-state index contributed by atoms with van der Waals surface area (Å²) in [6, 6.07) is 6.27. The van der Waals surface area contributed by atoms with E-state index in [9.17, 15) is 9.00 Å². The van der Waals surface area contributed by atoms with Gasteiger partial charge in [-0.2, -0.15) is 0 Å². The largest absolute Gasteiger partial charge is 0.299 e. The molecule has 0 heterocycles. The Balaban J connectivity index is 1.62. The second-order valence-corrected chi connectivity index (χ2v) is 7.25. The Hall–Kier alpha value is -0.960. The summed E-state index contributed by atoms with van der Waals surface area (Å²) in [6.45, 7) is 0. The molecular formula is C16H20O2S. The van der Waals surface area contributed by atoms with E-state index in [0.29, 0.717) is 11.5 Å². The van der Waals surface area contributed by atoms with E-state index in [1.807, 2.05) is 6.07 Å². The zero-order valence-electron chi connectivity index (χ0n) is 11.2. The van der Waals surface area contributed by atoms with Gasteiger partial charge in [-0.15, -0.1) is 0 Å². The molecule has 1 aromatic carbocycles. The van der Waals surface area contributed by atoms with Gasteiger partial charge in [0.2, 0.25) is 0 Å². The van der Waals surface area contributed by atoms with E-state index in [-0.39, 0.29) is 5.92 Å². The summed E-state index contributed by atoms with van der Waals surface area (Å²) in [7, 11) is -0.939. The molecule has 2 aliphatic rings. The van der Waals surface area contributed by atoms with Crippen LogP contribution in [0.3, 0.4) is 0 Å². The number of aryl methyl sites for hydroxylation is 2. The van der Waals surface area contributed by atoms with Crippen LogP contribution in [0.5, 0.6) is 0 Å². The van der Waals surface area contributed by atoms with E-state index >= 15 is 0 Å². The molecule has 2 aliphatic carbocycles. The van der Waals surface area contributed by atoms with Crippen molar-refractivity contribution in [3.63, 3.8) is 0 Å². The molecule has 3 heteroatoms. The molecule has 102 valence electrons. The van der Waals surface area contributed by atoms with Crippen LogP contribution in [0, 0.1) is 5.92 Å². The smallest absolute Gasteiger partial charge is 0.136 e. The van der Waals surface area contributed by atoms with Crippen LogP contribution in [-0.4, -0.2) is 15.7 Å². The highest BCUT2D eigenvalue weighted by Gasteiger charge is 2.24. The quantitative estimate of drug-likeness (QED) is 0.847. The first-order valence-electron chi connectivity index (χ1n) is 7.27. The molecule has 0 spiro atoms. The third kappa shape index (κ3) is 2.81. The predicted octanol–water partition coefficient (Wildman–Crippen LogP) is 3.04. The third-order valence-corrected chi connectivity index (χ3v) is 5.80. The van der Waals surface area contributed by atoms with Crippen molar-refractivity contribution in [2.75, 3.05) is 5.75 Å². The van der Waals surface area contributed by atoms with E-state index in [4.69, 9.17) is 0 Å². The lowest BCUT2D eigenvalue weighted by atomic mass is 10.1. The number of rotatable bonds is 4. The molecule has 0 saturated heterocycles. The van der Waals surface area contributed by atoms with Gasteiger partial charge in [0, 0.05) is 23.0 Å². The van der Waals surface area contributed by atoms with Crippen LogP contribution in [0.1, 0.15) is 43.2 Å². The Morgan fingerprint density at radius 3 is 2.74 bits per heavy atom. The van der Waals surface area contributed by atoms with Gasteiger partial charge < -0.3 is 0 Å². The van der Waals surface area contributed by atoms with Crippen molar-refractivity contribution in [3.8, 4) is 0 Å². The molecule has 1 fully saturated rings. The number of ketones is 1. The Kier molecular flexibility index (Phi) is 3.83. The normalized spacial score (nSPS) is 23.6. The minimum Gasteiger partial charge on any atom is -0.299 e. The number of fused-ring (bicyclic) bond motifs is 1. The van der Waals surface area contributed by atoms with E-state index in [0.717, 1.165) is 37.0 Å². The van der Waals surface area contributed by atoms with Crippen LogP contribution in [0.25, 0.3) is 0 Å². The third-order valence-electron chi connectivity index (χ3n) is 4.42. The van der Waals surface area contributed by atoms with Gasteiger partial charge >= 0.3 is 0 Å². The zero-order chi connectivity index (χ0) is 13.2. The Morgan fingerprint density at radius 2 is 1.95 bits per heavy atom. The van der Waals surface area contributed by atoms with Gasteiger partial charge in [-0.05, 0) is 61.8 Å². The summed E-state index contributed by atoms with van der Waals surface area (Å²) in [5.41, 5.74) is 2.80. The molecule has 1 saturated carbocycles. The van der Waals surface area contributed by atoms with E-state index in [1.165, 1.54) is 24.0 Å². The molecule has 0 N–H and O–H groups in total. The summed E-state index contributed by atoms with van der Waals surface area (Å²) >= 11 is 0. The fourth-order valence-electron chi connectivity index (χ4n) is 3.25. The first kappa shape index (κ1) is 13.0. The fourth-order valence-corrected chi connectivity index (χ4v) is 4.48. The molecule has 0 amide bonds. The first-order valence-corrected chi connectivity index (χ1v) is 8.59. The van der Waals surface area contributed by atoms with Crippen LogP contribution in [0.2, 0.25) is 0 Å². The van der Waals surface area contributed by atoms with Crippen LogP contribution >= 0.6 is 0 Å². The molecule has 0 aliphatic heterocycles. The summed E-state index contributed by atoms with van der Waals surface area (Å²) in [5, 5.41) is 0. The fraction of sp³-hybridized carbons (Fsp3) is 0.562. The predicted molar refractivity (Wildman–Crippen MR) is 76.7 cm³/mol. The van der Waals surface area contributed by atoms with Gasteiger partial charge in [-0.3, -0.25) is 9.00 Å². The SMILES string of the molecule is O=C1CCCC1CCS(=O)c1ccc2c(c1)CCC2. The lowest BCUT2D eigenvalue weighted by Crippen LogP contribution is -2.11. The molecule has 2 atom stereocenters. The van der Waals surface area contributed by atoms with Gasteiger partial charge in [0.25, 0.3) is 0 Å². The number of carbonyl (C=O) groups excluding carboxylic acids is 1. The second kappa shape index (κ2) is 5.58. The van der Waals surface area contributed by atoms with Crippen molar-refractivity contribution in [1.29, 1.82) is 0 Å². The lowest BCUT2D eigenvalue weighted by molar-refractivity contribution is -0.120. The number of hydrogen-bond donors (Lipinski definition) is 0. The van der Waals surface area contributed by atoms with Crippen molar-refractivity contribution >= 4 is 16.6 Å². The average Bonchev–Trinajstić information content (AvgIpc) is 3.03. The Morgan fingerprint density at radius 1 is 1.11 bits per heavy atom. The van der Waals surface area contributed by atoms with Gasteiger partial charge in [0.1, 0.15) is 5.78 Å². The van der Waals surface area contributed by atoms with Crippen molar-refractivity contribution in [2.45, 2.75) is 49.8 Å². The topological polar surface area (TPSA) is 34.1 Å². The monoisotopic (exact) mass is 276 g/mol. The first-order chi connectivity index (χ1) is 9.24. The van der Waals surface area contributed by atoms with Crippen molar-refractivity contribution in [1.82, 2.24) is 0 Å². The number of hydrogen-bond acceptors (Lipinski definition) is 2. The highest BCUT2D eigenvalue weighted by molar-refractivity contribution is 7.85. The van der Waals surface area contributed by atoms with Crippen LogP contribution in [0.4, 0.5) is 0 Å². The summed E-state index contributed by atoms with van der Waals surface area (Å²) < 4.78 is 12.3. The molecule has 2 nitrogen and oxygen atoms in total. The average molecular weight is 276 g/mol. The lowest BCUT2D eigenvalue weighted by Gasteiger charge is -2.08. The van der Waals surface area contributed by atoms with Gasteiger partial charge in [0.05, 0.1) is 10.8 Å². The Bertz CT molecular complexity index is 521. The number of Topliss-reactive ketones (excluding diaryl/α,β-unsaturated/α-hetero) is 1. The standard InChI is InChI=1S/C16H20O2S/c17-16-6-2-4-13(16)9-10-19(18)15-8-7-12-3-1-5-14(12)11-15/h7-8,11,13H,1-6,9-10H2. The molecule has 0 bridgehead atoms. The molecule has 1 aromatic rings. The van der Waals surface area contributed by atoms with E-state index < -0.39 is 10.8 Å². The molecular weight excluding hydrogens is 256 g/mol. The molecule has 0 radical (unpaired) electrons. The van der Waals surface area contributed by atoms with E-state index in [2.05, 4.69) is 12.1 Å². The zero-order valence-corrected chi connectivity index (χ0v) is 12.0. The van der Waals surface area contributed by atoms with Crippen LogP contribution in [0.15, 0.2) is 23.1 Å². The van der Waals surface area contributed by atoms with Crippen LogP contribution < -0.4 is 0 Å². The number of benzene rings is 1. The van der Waals surface area contributed by atoms with Crippen molar-refractivity contribution in [3.05, 3.63) is 29.3 Å². The van der Waals surface area contributed by atoms with Gasteiger partial charge in [-0.25, -0.2) is 0 Å². The molecule has 2 unspecified atom stereocenters. The van der Waals surface area contributed by atoms with Gasteiger partial charge in [-0.1, -0.05) is 6.07 Å². The highest BCUT2D eigenvalue weighted by atomic mass is 32.2. The molecule has 3 rings (SSSR count). The maximum absolute atomic E-state index is 12.3. The second-order valence-electron chi connectivity index (χ2n) is 5.68. The summed E-state index contributed by atoms with van der Waals surface area (Å²) in [5.74, 6) is 1.19. The van der Waals surface area contributed by atoms with Crippen molar-refractivity contribution in [2.24, 2.45) is 5.92 Å².